The SMILES string of the molecule is CC1CC2(OC(C)C)CC3CC(COCC(F)(F)S(=O)(=O)O)(C1)C3C2. The van der Waals surface area contributed by atoms with Crippen LogP contribution < -0.4 is 0 Å². The van der Waals surface area contributed by atoms with Gasteiger partial charge in [-0.15, -0.1) is 0 Å². The van der Waals surface area contributed by atoms with Gasteiger partial charge >= 0.3 is 15.4 Å². The molecule has 3 fully saturated rings. The zero-order valence-corrected chi connectivity index (χ0v) is 15.8. The Bertz CT molecular complexity index is 623. The zero-order valence-electron chi connectivity index (χ0n) is 15.0. The highest BCUT2D eigenvalue weighted by molar-refractivity contribution is 7.86. The zero-order chi connectivity index (χ0) is 18.7. The summed E-state index contributed by atoms with van der Waals surface area (Å²) >= 11 is 0. The van der Waals surface area contributed by atoms with Gasteiger partial charge in [-0.1, -0.05) is 6.92 Å². The van der Waals surface area contributed by atoms with Crippen molar-refractivity contribution >= 4 is 10.1 Å². The lowest BCUT2D eigenvalue weighted by Gasteiger charge is -2.54. The molecule has 3 saturated carbocycles. The third-order valence-corrected chi connectivity index (χ3v) is 7.12. The maximum Gasteiger partial charge on any atom is 0.392 e. The Balaban J connectivity index is 1.68. The maximum absolute atomic E-state index is 13.4. The van der Waals surface area contributed by atoms with E-state index < -0.39 is 22.0 Å². The van der Waals surface area contributed by atoms with Crippen LogP contribution in [0.25, 0.3) is 0 Å². The number of halogens is 2. The molecule has 0 aromatic rings. The minimum Gasteiger partial charge on any atom is -0.373 e. The molecule has 0 heterocycles. The van der Waals surface area contributed by atoms with Gasteiger partial charge in [0.15, 0.2) is 0 Å². The van der Waals surface area contributed by atoms with E-state index >= 15 is 0 Å². The Labute approximate surface area is 148 Å². The highest BCUT2D eigenvalue weighted by atomic mass is 32.2. The lowest BCUT2D eigenvalue weighted by Crippen LogP contribution is -2.50. The topological polar surface area (TPSA) is 72.8 Å². The third kappa shape index (κ3) is 3.47. The van der Waals surface area contributed by atoms with Crippen LogP contribution in [0.5, 0.6) is 0 Å². The molecule has 3 aliphatic carbocycles. The molecule has 0 aliphatic heterocycles. The van der Waals surface area contributed by atoms with E-state index in [9.17, 15) is 17.2 Å². The monoisotopic (exact) mass is 382 g/mol. The number of fused-ring (bicyclic) bond motifs is 1. The molecule has 0 saturated heterocycles. The molecule has 8 heteroatoms. The molecular weight excluding hydrogens is 354 g/mol. The molecule has 0 aromatic heterocycles. The number of rotatable bonds is 7. The van der Waals surface area contributed by atoms with Gasteiger partial charge in [-0.2, -0.15) is 17.2 Å². The lowest BCUT2D eigenvalue weighted by molar-refractivity contribution is -0.126. The van der Waals surface area contributed by atoms with E-state index in [-0.39, 0.29) is 23.7 Å². The van der Waals surface area contributed by atoms with Crippen LogP contribution in [0.4, 0.5) is 8.78 Å². The van der Waals surface area contributed by atoms with Crippen molar-refractivity contribution in [2.75, 3.05) is 13.2 Å². The van der Waals surface area contributed by atoms with E-state index in [0.717, 1.165) is 32.1 Å². The predicted octanol–water partition coefficient (Wildman–Crippen LogP) is 3.49. The van der Waals surface area contributed by atoms with Crippen LogP contribution in [0.1, 0.15) is 52.9 Å². The van der Waals surface area contributed by atoms with Crippen LogP contribution in [0.2, 0.25) is 0 Å². The summed E-state index contributed by atoms with van der Waals surface area (Å²) in [5, 5.41) is -4.26. The van der Waals surface area contributed by atoms with Crippen LogP contribution in [0.3, 0.4) is 0 Å². The van der Waals surface area contributed by atoms with Crippen molar-refractivity contribution < 1.29 is 31.2 Å². The van der Waals surface area contributed by atoms with E-state index in [2.05, 4.69) is 6.92 Å². The minimum atomic E-state index is -5.44. The highest BCUT2D eigenvalue weighted by Gasteiger charge is 2.65. The average Bonchev–Trinajstić information content (AvgIpc) is 2.64. The Kier molecular flexibility index (Phi) is 4.75. The summed E-state index contributed by atoms with van der Waals surface area (Å²) in [5.74, 6) is 1.32. The minimum absolute atomic E-state index is 0.112. The summed E-state index contributed by atoms with van der Waals surface area (Å²) < 4.78 is 68.2. The first-order chi connectivity index (χ1) is 11.4. The first-order valence-electron chi connectivity index (χ1n) is 8.99. The fraction of sp³-hybridized carbons (Fsp3) is 1.00. The van der Waals surface area contributed by atoms with Crippen molar-refractivity contribution in [3.63, 3.8) is 0 Å². The Morgan fingerprint density at radius 2 is 1.88 bits per heavy atom. The largest absolute Gasteiger partial charge is 0.392 e. The van der Waals surface area contributed by atoms with E-state index in [1.54, 1.807) is 0 Å². The second kappa shape index (κ2) is 6.11. The Morgan fingerprint density at radius 3 is 2.48 bits per heavy atom. The van der Waals surface area contributed by atoms with Gasteiger partial charge in [-0.05, 0) is 69.1 Å². The van der Waals surface area contributed by atoms with E-state index in [4.69, 9.17) is 14.0 Å². The van der Waals surface area contributed by atoms with Gasteiger partial charge in [0.2, 0.25) is 0 Å². The van der Waals surface area contributed by atoms with Crippen LogP contribution in [-0.4, -0.2) is 43.1 Å². The third-order valence-electron chi connectivity index (χ3n) is 6.25. The summed E-state index contributed by atoms with van der Waals surface area (Å²) in [7, 11) is -5.44. The normalized spacial score (nSPS) is 40.8. The second-order valence-corrected chi connectivity index (χ2v) is 10.4. The standard InChI is InChI=1S/C17H28F2O5S/c1-11(2)24-16-5-12(3)4-15(6-13(7-16)14(15)8-16)9-23-10-17(18,19)25(20,21)22/h11-14H,4-10H2,1-3H3,(H,20,21,22). The number of ether oxygens (including phenoxy) is 2. The first-order valence-corrected chi connectivity index (χ1v) is 10.4. The molecule has 1 N–H and O–H groups in total. The van der Waals surface area contributed by atoms with Crippen molar-refractivity contribution in [2.24, 2.45) is 23.2 Å². The molecule has 2 bridgehead atoms. The Morgan fingerprint density at radius 1 is 1.20 bits per heavy atom. The van der Waals surface area contributed by atoms with Crippen molar-refractivity contribution in [3.05, 3.63) is 0 Å². The molecule has 25 heavy (non-hydrogen) atoms. The molecule has 3 aliphatic rings. The summed E-state index contributed by atoms with van der Waals surface area (Å²) in [6, 6.07) is 0. The van der Waals surface area contributed by atoms with Gasteiger partial charge in [0.25, 0.3) is 0 Å². The molecule has 0 spiro atoms. The van der Waals surface area contributed by atoms with Crippen molar-refractivity contribution in [1.29, 1.82) is 0 Å². The molecular formula is C17H28F2O5S. The van der Waals surface area contributed by atoms with Crippen molar-refractivity contribution in [2.45, 2.75) is 69.8 Å². The fourth-order valence-electron chi connectivity index (χ4n) is 5.83. The summed E-state index contributed by atoms with van der Waals surface area (Å²) in [6.45, 7) is 5.05. The summed E-state index contributed by atoms with van der Waals surface area (Å²) in [6.07, 6.45) is 4.88. The fourth-order valence-corrected chi connectivity index (χ4v) is 6.07. The van der Waals surface area contributed by atoms with Gasteiger partial charge in [-0.25, -0.2) is 0 Å². The molecule has 0 aromatic carbocycles. The van der Waals surface area contributed by atoms with E-state index in [1.165, 1.54) is 0 Å². The Hall–Kier alpha value is -0.310. The molecule has 0 radical (unpaired) electrons. The number of hydrogen-bond donors (Lipinski definition) is 1. The molecule has 5 atom stereocenters. The van der Waals surface area contributed by atoms with Crippen molar-refractivity contribution in [1.82, 2.24) is 0 Å². The van der Waals surface area contributed by atoms with Crippen LogP contribution in [-0.2, 0) is 19.6 Å². The first kappa shape index (κ1) is 19.5. The highest BCUT2D eigenvalue weighted by Crippen LogP contribution is 2.68. The number of alkyl halides is 2. The second-order valence-electron chi connectivity index (χ2n) is 8.81. The smallest absolute Gasteiger partial charge is 0.373 e. The van der Waals surface area contributed by atoms with Crippen LogP contribution >= 0.6 is 0 Å². The van der Waals surface area contributed by atoms with Gasteiger partial charge in [-0.3, -0.25) is 4.55 Å². The quantitative estimate of drug-likeness (QED) is 0.683. The van der Waals surface area contributed by atoms with Crippen LogP contribution in [0.15, 0.2) is 0 Å². The van der Waals surface area contributed by atoms with Crippen LogP contribution in [0, 0.1) is 23.2 Å². The molecule has 5 nitrogen and oxygen atoms in total. The van der Waals surface area contributed by atoms with E-state index in [0.29, 0.717) is 17.8 Å². The lowest BCUT2D eigenvalue weighted by atomic mass is 9.52. The molecule has 5 unspecified atom stereocenters. The maximum atomic E-state index is 13.4. The average molecular weight is 382 g/mol. The number of hydrogen-bond acceptors (Lipinski definition) is 4. The molecule has 3 rings (SSSR count). The van der Waals surface area contributed by atoms with Gasteiger partial charge in [0, 0.05) is 0 Å². The van der Waals surface area contributed by atoms with Gasteiger partial charge in [0.05, 0.1) is 18.3 Å². The summed E-state index contributed by atoms with van der Waals surface area (Å²) in [5.41, 5.74) is -0.280. The predicted molar refractivity (Wildman–Crippen MR) is 87.9 cm³/mol. The summed E-state index contributed by atoms with van der Waals surface area (Å²) in [4.78, 5) is 0. The molecule has 146 valence electrons. The molecule has 0 amide bonds. The van der Waals surface area contributed by atoms with Gasteiger partial charge in [0.1, 0.15) is 6.61 Å². The van der Waals surface area contributed by atoms with Gasteiger partial charge < -0.3 is 9.47 Å². The van der Waals surface area contributed by atoms with Crippen molar-refractivity contribution in [3.8, 4) is 0 Å². The van der Waals surface area contributed by atoms with E-state index in [1.807, 2.05) is 13.8 Å².